The fraction of sp³-hybridized carbons (Fsp3) is 0.625. The van der Waals surface area contributed by atoms with Crippen molar-refractivity contribution in [3.05, 3.63) is 28.8 Å². The molecule has 1 heterocycles. The van der Waals surface area contributed by atoms with E-state index in [9.17, 15) is 0 Å². The van der Waals surface area contributed by atoms with E-state index in [2.05, 4.69) is 50.0 Å². The van der Waals surface area contributed by atoms with E-state index < -0.39 is 0 Å². The topological polar surface area (TPSA) is 15.3 Å². The maximum atomic E-state index is 6.19. The Morgan fingerprint density at radius 2 is 2.15 bits per heavy atom. The molecule has 1 aliphatic heterocycles. The summed E-state index contributed by atoms with van der Waals surface area (Å²) in [5.41, 5.74) is 2.74. The predicted octanol–water partition coefficient (Wildman–Crippen LogP) is 4.17. The summed E-state index contributed by atoms with van der Waals surface area (Å²) in [6, 6.07) is 6.87. The molecular formula is C16H25ClN2S. The zero-order valence-corrected chi connectivity index (χ0v) is 14.4. The van der Waals surface area contributed by atoms with Crippen LogP contribution < -0.4 is 10.2 Å². The molecule has 0 bridgehead atoms. The molecular weight excluding hydrogens is 288 g/mol. The highest BCUT2D eigenvalue weighted by Gasteiger charge is 2.21. The lowest BCUT2D eigenvalue weighted by atomic mass is 10.1. The summed E-state index contributed by atoms with van der Waals surface area (Å²) >= 11 is 8.24. The number of nitrogens with one attached hydrogen (secondary N) is 1. The van der Waals surface area contributed by atoms with Crippen LogP contribution in [-0.4, -0.2) is 29.6 Å². The van der Waals surface area contributed by atoms with Crippen LogP contribution in [0.25, 0.3) is 0 Å². The molecule has 0 amide bonds. The maximum absolute atomic E-state index is 6.19. The monoisotopic (exact) mass is 312 g/mol. The molecule has 0 aromatic heterocycles. The Kier molecular flexibility index (Phi) is 5.27. The van der Waals surface area contributed by atoms with E-state index in [1.165, 1.54) is 22.8 Å². The number of thioether (sulfide) groups is 1. The van der Waals surface area contributed by atoms with Crippen molar-refractivity contribution < 1.29 is 0 Å². The minimum atomic E-state index is 0.114. The summed E-state index contributed by atoms with van der Waals surface area (Å²) in [4.78, 5) is 2.52. The van der Waals surface area contributed by atoms with Gasteiger partial charge in [0.1, 0.15) is 0 Å². The summed E-state index contributed by atoms with van der Waals surface area (Å²) in [7, 11) is 0. The predicted molar refractivity (Wildman–Crippen MR) is 92.2 cm³/mol. The fourth-order valence-corrected chi connectivity index (χ4v) is 3.63. The average molecular weight is 313 g/mol. The second-order valence-corrected chi connectivity index (χ2v) is 8.08. The first-order chi connectivity index (χ1) is 9.37. The summed E-state index contributed by atoms with van der Waals surface area (Å²) in [5.74, 6) is 2.41. The van der Waals surface area contributed by atoms with Gasteiger partial charge in [0.15, 0.2) is 0 Å². The second kappa shape index (κ2) is 6.59. The number of nitrogens with zero attached hydrogens (tertiary/aromatic N) is 1. The summed E-state index contributed by atoms with van der Waals surface area (Å²) in [6.45, 7) is 10.9. The highest BCUT2D eigenvalue weighted by molar-refractivity contribution is 7.99. The van der Waals surface area contributed by atoms with Gasteiger partial charge in [0.25, 0.3) is 0 Å². The van der Waals surface area contributed by atoms with Crippen LogP contribution in [0.15, 0.2) is 18.2 Å². The summed E-state index contributed by atoms with van der Waals surface area (Å²) in [6.07, 6.45) is 0. The van der Waals surface area contributed by atoms with E-state index >= 15 is 0 Å². The van der Waals surface area contributed by atoms with E-state index in [-0.39, 0.29) is 5.54 Å². The van der Waals surface area contributed by atoms with Crippen LogP contribution in [0.2, 0.25) is 5.02 Å². The van der Waals surface area contributed by atoms with E-state index in [4.69, 9.17) is 11.6 Å². The molecule has 0 radical (unpaired) electrons. The van der Waals surface area contributed by atoms with Crippen LogP contribution in [0.1, 0.15) is 33.3 Å². The molecule has 0 saturated carbocycles. The molecule has 0 spiro atoms. The van der Waals surface area contributed by atoms with Crippen molar-refractivity contribution in [1.82, 2.24) is 5.32 Å². The molecule has 1 aliphatic rings. The molecule has 1 saturated heterocycles. The molecule has 1 unspecified atom stereocenters. The Morgan fingerprint density at radius 3 is 2.80 bits per heavy atom. The van der Waals surface area contributed by atoms with Crippen LogP contribution in [0.3, 0.4) is 0 Å². The first-order valence-electron chi connectivity index (χ1n) is 7.25. The molecule has 1 atom stereocenters. The first kappa shape index (κ1) is 16.0. The van der Waals surface area contributed by atoms with Crippen molar-refractivity contribution in [3.63, 3.8) is 0 Å². The minimum absolute atomic E-state index is 0.114. The van der Waals surface area contributed by atoms with Crippen LogP contribution in [0, 0.1) is 0 Å². The van der Waals surface area contributed by atoms with Crippen LogP contribution in [0.4, 0.5) is 5.69 Å². The van der Waals surface area contributed by atoms with Crippen LogP contribution in [-0.2, 0) is 6.54 Å². The van der Waals surface area contributed by atoms with Crippen molar-refractivity contribution in [1.29, 1.82) is 0 Å². The van der Waals surface area contributed by atoms with Gasteiger partial charge in [-0.2, -0.15) is 11.8 Å². The van der Waals surface area contributed by atoms with Gasteiger partial charge < -0.3 is 10.2 Å². The Labute approximate surface area is 132 Å². The van der Waals surface area contributed by atoms with Gasteiger partial charge in [0.05, 0.1) is 0 Å². The Hall–Kier alpha value is -0.380. The number of rotatable bonds is 3. The molecule has 0 aliphatic carbocycles. The van der Waals surface area contributed by atoms with E-state index in [1.54, 1.807) is 0 Å². The summed E-state index contributed by atoms with van der Waals surface area (Å²) < 4.78 is 0. The van der Waals surface area contributed by atoms with Crippen molar-refractivity contribution in [2.24, 2.45) is 0 Å². The zero-order valence-electron chi connectivity index (χ0n) is 12.9. The largest absolute Gasteiger partial charge is 0.367 e. The number of anilines is 1. The lowest BCUT2D eigenvalue weighted by Gasteiger charge is -2.36. The molecule has 2 rings (SSSR count). The second-order valence-electron chi connectivity index (χ2n) is 6.49. The van der Waals surface area contributed by atoms with Crippen LogP contribution in [0.5, 0.6) is 0 Å². The lowest BCUT2D eigenvalue weighted by Crippen LogP contribution is -2.41. The van der Waals surface area contributed by atoms with E-state index in [0.29, 0.717) is 6.04 Å². The number of hydrogen-bond acceptors (Lipinski definition) is 3. The third-order valence-corrected chi connectivity index (χ3v) is 4.95. The first-order valence-corrected chi connectivity index (χ1v) is 8.78. The number of benzene rings is 1. The minimum Gasteiger partial charge on any atom is -0.367 e. The van der Waals surface area contributed by atoms with Gasteiger partial charge in [-0.1, -0.05) is 11.6 Å². The van der Waals surface area contributed by atoms with Gasteiger partial charge in [0, 0.05) is 46.9 Å². The molecule has 1 aromatic carbocycles. The van der Waals surface area contributed by atoms with Gasteiger partial charge in [0.2, 0.25) is 0 Å². The molecule has 20 heavy (non-hydrogen) atoms. The van der Waals surface area contributed by atoms with Crippen molar-refractivity contribution in [2.45, 2.75) is 45.8 Å². The smallest absolute Gasteiger partial charge is 0.0415 e. The van der Waals surface area contributed by atoms with E-state index in [1.807, 2.05) is 17.8 Å². The molecule has 112 valence electrons. The maximum Gasteiger partial charge on any atom is 0.0415 e. The number of hydrogen-bond donors (Lipinski definition) is 1. The van der Waals surface area contributed by atoms with Crippen LogP contribution >= 0.6 is 23.4 Å². The normalized spacial score (nSPS) is 20.2. The SMILES string of the molecule is CC1CSCCN1c1ccc(Cl)cc1CNC(C)(C)C. The standard InChI is InChI=1S/C16H25ClN2S/c1-12-11-20-8-7-19(12)15-6-5-14(17)9-13(15)10-18-16(2,3)4/h5-6,9,12,18H,7-8,10-11H2,1-4H3. The third kappa shape index (κ3) is 4.31. The number of halogens is 1. The van der Waals surface area contributed by atoms with E-state index in [0.717, 1.165) is 18.1 Å². The highest BCUT2D eigenvalue weighted by Crippen LogP contribution is 2.29. The van der Waals surface area contributed by atoms with Gasteiger partial charge in [-0.05, 0) is 51.5 Å². The molecule has 4 heteroatoms. The summed E-state index contributed by atoms with van der Waals surface area (Å²) in [5, 5.41) is 4.39. The molecule has 1 N–H and O–H groups in total. The highest BCUT2D eigenvalue weighted by atomic mass is 35.5. The Balaban J connectivity index is 2.23. The molecule has 1 aromatic rings. The molecule has 1 fully saturated rings. The van der Waals surface area contributed by atoms with Gasteiger partial charge >= 0.3 is 0 Å². The Bertz CT molecular complexity index is 456. The van der Waals surface area contributed by atoms with Gasteiger partial charge in [-0.15, -0.1) is 0 Å². The third-order valence-electron chi connectivity index (χ3n) is 3.53. The average Bonchev–Trinajstić information content (AvgIpc) is 2.37. The quantitative estimate of drug-likeness (QED) is 0.902. The fourth-order valence-electron chi connectivity index (χ4n) is 2.42. The van der Waals surface area contributed by atoms with Crippen molar-refractivity contribution in [3.8, 4) is 0 Å². The lowest BCUT2D eigenvalue weighted by molar-refractivity contribution is 0.424. The zero-order chi connectivity index (χ0) is 14.8. The van der Waals surface area contributed by atoms with Crippen molar-refractivity contribution >= 4 is 29.1 Å². The Morgan fingerprint density at radius 1 is 1.40 bits per heavy atom. The van der Waals surface area contributed by atoms with Crippen molar-refractivity contribution in [2.75, 3.05) is 23.0 Å². The van der Waals surface area contributed by atoms with Gasteiger partial charge in [-0.3, -0.25) is 0 Å². The van der Waals surface area contributed by atoms with Gasteiger partial charge in [-0.25, -0.2) is 0 Å². The molecule has 2 nitrogen and oxygen atoms in total.